The molecule has 0 radical (unpaired) electrons. The van der Waals surface area contributed by atoms with E-state index in [0.29, 0.717) is 5.57 Å². The molecule has 0 aliphatic rings. The zero-order chi connectivity index (χ0) is 9.07. The largest absolute Gasteiger partial charge is 0.466 e. The third kappa shape index (κ3) is 4.59. The summed E-state index contributed by atoms with van der Waals surface area (Å²) in [5.74, 6) is -0.250. The van der Waals surface area contributed by atoms with Gasteiger partial charge in [-0.3, -0.25) is 0 Å². The second kappa shape index (κ2) is 3.56. The van der Waals surface area contributed by atoms with E-state index in [1.54, 1.807) is 6.92 Å². The monoisotopic (exact) mass is 156 g/mol. The minimum atomic E-state index is -0.250. The number of hydrogen-bond donors (Lipinski definition) is 0. The van der Waals surface area contributed by atoms with E-state index in [1.165, 1.54) is 7.11 Å². The number of carbonyl (C=O) groups is 1. The van der Waals surface area contributed by atoms with Gasteiger partial charge < -0.3 is 4.74 Å². The van der Waals surface area contributed by atoms with E-state index in [-0.39, 0.29) is 11.4 Å². The Balaban J connectivity index is 4.34. The molecule has 0 N–H and O–H groups in total. The van der Waals surface area contributed by atoms with Crippen LogP contribution in [0.25, 0.3) is 0 Å². The van der Waals surface area contributed by atoms with Crippen molar-refractivity contribution in [2.24, 2.45) is 5.41 Å². The normalized spacial score (nSPS) is 13.0. The highest BCUT2D eigenvalue weighted by molar-refractivity contribution is 5.87. The summed E-state index contributed by atoms with van der Waals surface area (Å²) in [4.78, 5) is 10.9. The van der Waals surface area contributed by atoms with E-state index in [4.69, 9.17) is 0 Å². The van der Waals surface area contributed by atoms with Crippen LogP contribution in [-0.2, 0) is 9.53 Å². The highest BCUT2D eigenvalue weighted by atomic mass is 16.5. The van der Waals surface area contributed by atoms with Crippen LogP contribution in [0.3, 0.4) is 0 Å². The summed E-state index contributed by atoms with van der Waals surface area (Å²) >= 11 is 0. The fourth-order valence-corrected chi connectivity index (χ4v) is 0.869. The van der Waals surface area contributed by atoms with Gasteiger partial charge in [-0.2, -0.15) is 0 Å². The number of allylic oxidation sites excluding steroid dienone is 1. The van der Waals surface area contributed by atoms with Crippen molar-refractivity contribution in [3.05, 3.63) is 11.6 Å². The Morgan fingerprint density at radius 1 is 1.36 bits per heavy atom. The van der Waals surface area contributed by atoms with Crippen molar-refractivity contribution >= 4 is 5.97 Å². The summed E-state index contributed by atoms with van der Waals surface area (Å²) < 4.78 is 4.55. The molecule has 0 saturated carbocycles. The average Bonchev–Trinajstić information content (AvgIpc) is 1.82. The van der Waals surface area contributed by atoms with Crippen LogP contribution in [0.5, 0.6) is 0 Å². The first-order chi connectivity index (χ1) is 4.87. The number of carbonyl (C=O) groups excluding carboxylic acids is 1. The van der Waals surface area contributed by atoms with Crippen LogP contribution in [0, 0.1) is 5.41 Å². The van der Waals surface area contributed by atoms with Crippen molar-refractivity contribution in [1.29, 1.82) is 0 Å². The molecule has 0 atom stereocenters. The van der Waals surface area contributed by atoms with Gasteiger partial charge in [0.25, 0.3) is 0 Å². The molecule has 0 rings (SSSR count). The maximum Gasteiger partial charge on any atom is 0.333 e. The van der Waals surface area contributed by atoms with Crippen LogP contribution in [0.2, 0.25) is 0 Å². The Kier molecular flexibility index (Phi) is 3.30. The Labute approximate surface area is 68.2 Å². The fraction of sp³-hybridized carbons (Fsp3) is 0.667. The molecule has 11 heavy (non-hydrogen) atoms. The molecule has 64 valence electrons. The number of methoxy groups -OCH3 is 1. The van der Waals surface area contributed by atoms with Crippen molar-refractivity contribution in [1.82, 2.24) is 0 Å². The van der Waals surface area contributed by atoms with Crippen molar-refractivity contribution in [3.8, 4) is 0 Å². The Hall–Kier alpha value is -0.790. The maximum atomic E-state index is 10.9. The van der Waals surface area contributed by atoms with Gasteiger partial charge in [-0.15, -0.1) is 0 Å². The zero-order valence-electron chi connectivity index (χ0n) is 7.89. The minimum absolute atomic E-state index is 0.0400. The van der Waals surface area contributed by atoms with Gasteiger partial charge in [-0.1, -0.05) is 26.8 Å². The zero-order valence-corrected chi connectivity index (χ0v) is 7.89. The van der Waals surface area contributed by atoms with Crippen LogP contribution < -0.4 is 0 Å². The SMILES string of the molecule is COC(=O)/C(C)=C/C(C)(C)C. The quantitative estimate of drug-likeness (QED) is 0.429. The molecule has 0 bridgehead atoms. The molecule has 0 amide bonds. The molecule has 0 spiro atoms. The van der Waals surface area contributed by atoms with Gasteiger partial charge in [-0.05, 0) is 12.3 Å². The van der Waals surface area contributed by atoms with E-state index in [9.17, 15) is 4.79 Å². The molecule has 0 saturated heterocycles. The van der Waals surface area contributed by atoms with Crippen molar-refractivity contribution in [2.75, 3.05) is 7.11 Å². The highest BCUT2D eigenvalue weighted by Crippen LogP contribution is 2.17. The van der Waals surface area contributed by atoms with Crippen LogP contribution in [-0.4, -0.2) is 13.1 Å². The average molecular weight is 156 g/mol. The molecular formula is C9H16O2. The van der Waals surface area contributed by atoms with Gasteiger partial charge in [0, 0.05) is 5.57 Å². The van der Waals surface area contributed by atoms with E-state index in [2.05, 4.69) is 4.74 Å². The Bertz CT molecular complexity index is 172. The van der Waals surface area contributed by atoms with E-state index in [0.717, 1.165) is 0 Å². The summed E-state index contributed by atoms with van der Waals surface area (Å²) in [6, 6.07) is 0. The molecule has 0 aromatic rings. The minimum Gasteiger partial charge on any atom is -0.466 e. The second-order valence-electron chi connectivity index (χ2n) is 3.68. The van der Waals surface area contributed by atoms with Gasteiger partial charge in [0.1, 0.15) is 0 Å². The molecule has 0 fully saturated rings. The van der Waals surface area contributed by atoms with E-state index in [1.807, 2.05) is 26.8 Å². The van der Waals surface area contributed by atoms with E-state index < -0.39 is 0 Å². The lowest BCUT2D eigenvalue weighted by Gasteiger charge is -2.12. The Morgan fingerprint density at radius 3 is 2.09 bits per heavy atom. The third-order valence-corrected chi connectivity index (χ3v) is 1.16. The molecular weight excluding hydrogens is 140 g/mol. The topological polar surface area (TPSA) is 26.3 Å². The summed E-state index contributed by atoms with van der Waals surface area (Å²) in [5.41, 5.74) is 0.707. The van der Waals surface area contributed by atoms with Gasteiger partial charge >= 0.3 is 5.97 Å². The van der Waals surface area contributed by atoms with Crippen LogP contribution in [0.1, 0.15) is 27.7 Å². The van der Waals surface area contributed by atoms with Crippen LogP contribution >= 0.6 is 0 Å². The van der Waals surface area contributed by atoms with Crippen LogP contribution in [0.15, 0.2) is 11.6 Å². The smallest absolute Gasteiger partial charge is 0.333 e. The summed E-state index contributed by atoms with van der Waals surface area (Å²) in [5, 5.41) is 0. The number of esters is 1. The predicted octanol–water partition coefficient (Wildman–Crippen LogP) is 2.15. The van der Waals surface area contributed by atoms with Crippen molar-refractivity contribution in [2.45, 2.75) is 27.7 Å². The maximum absolute atomic E-state index is 10.9. The van der Waals surface area contributed by atoms with Gasteiger partial charge in [0.2, 0.25) is 0 Å². The summed E-state index contributed by atoms with van der Waals surface area (Å²) in [6.45, 7) is 7.88. The summed E-state index contributed by atoms with van der Waals surface area (Å²) in [6.07, 6.45) is 1.90. The van der Waals surface area contributed by atoms with Gasteiger partial charge in [-0.25, -0.2) is 4.79 Å². The number of hydrogen-bond acceptors (Lipinski definition) is 2. The third-order valence-electron chi connectivity index (χ3n) is 1.16. The lowest BCUT2D eigenvalue weighted by molar-refractivity contribution is -0.136. The Morgan fingerprint density at radius 2 is 1.82 bits per heavy atom. The molecule has 0 aliphatic heterocycles. The second-order valence-corrected chi connectivity index (χ2v) is 3.68. The molecule has 0 aliphatic carbocycles. The fourth-order valence-electron chi connectivity index (χ4n) is 0.869. The first kappa shape index (κ1) is 10.2. The van der Waals surface area contributed by atoms with Gasteiger partial charge in [0.15, 0.2) is 0 Å². The first-order valence-corrected chi connectivity index (χ1v) is 3.64. The van der Waals surface area contributed by atoms with Crippen molar-refractivity contribution < 1.29 is 9.53 Å². The molecule has 0 aromatic carbocycles. The molecule has 0 aromatic heterocycles. The molecule has 0 heterocycles. The molecule has 2 nitrogen and oxygen atoms in total. The van der Waals surface area contributed by atoms with Crippen molar-refractivity contribution in [3.63, 3.8) is 0 Å². The van der Waals surface area contributed by atoms with Crippen LogP contribution in [0.4, 0.5) is 0 Å². The number of rotatable bonds is 1. The standard InChI is InChI=1S/C9H16O2/c1-7(8(10)11-5)6-9(2,3)4/h6H,1-5H3/b7-6+. The van der Waals surface area contributed by atoms with Gasteiger partial charge in [0.05, 0.1) is 7.11 Å². The molecule has 0 unspecified atom stereocenters. The first-order valence-electron chi connectivity index (χ1n) is 3.64. The predicted molar refractivity (Wildman–Crippen MR) is 45.2 cm³/mol. The lowest BCUT2D eigenvalue weighted by atomic mass is 9.94. The van der Waals surface area contributed by atoms with E-state index >= 15 is 0 Å². The summed E-state index contributed by atoms with van der Waals surface area (Å²) in [7, 11) is 1.39. The number of ether oxygens (including phenoxy) is 1. The molecule has 2 heteroatoms. The highest BCUT2D eigenvalue weighted by Gasteiger charge is 2.10. The lowest BCUT2D eigenvalue weighted by Crippen LogP contribution is -2.07.